The number of rotatable bonds is 3. The van der Waals surface area contributed by atoms with Crippen LogP contribution >= 0.6 is 0 Å². The molecule has 1 aromatic heterocycles. The van der Waals surface area contributed by atoms with Crippen molar-refractivity contribution in [2.75, 3.05) is 6.54 Å². The number of nitrogens with zero attached hydrogens (tertiary/aromatic N) is 3. The molecule has 1 heterocycles. The molecule has 5 nitrogen and oxygen atoms in total. The van der Waals surface area contributed by atoms with Gasteiger partial charge in [-0.15, -0.1) is 0 Å². The van der Waals surface area contributed by atoms with Crippen LogP contribution in [-0.4, -0.2) is 32.9 Å². The smallest absolute Gasteiger partial charge is 0.128 e. The number of aromatic nitrogens is 2. The fourth-order valence-electron chi connectivity index (χ4n) is 0.923. The number of aliphatic imine (C=N–C) groups is 1. The molecule has 0 saturated heterocycles. The van der Waals surface area contributed by atoms with E-state index in [0.29, 0.717) is 5.84 Å². The van der Waals surface area contributed by atoms with Crippen LogP contribution < -0.4 is 5.73 Å². The molecule has 0 fully saturated rings. The van der Waals surface area contributed by atoms with Gasteiger partial charge in [-0.25, -0.2) is 0 Å². The van der Waals surface area contributed by atoms with Crippen LogP contribution in [0, 0.1) is 0 Å². The van der Waals surface area contributed by atoms with Crippen LogP contribution in [0.2, 0.25) is 0 Å². The average Bonchev–Trinajstić information content (AvgIpc) is 2.46. The van der Waals surface area contributed by atoms with Crippen molar-refractivity contribution in [1.29, 1.82) is 0 Å². The molecule has 5 heteroatoms. The Bertz CT molecular complexity index is 335. The number of amidine groups is 1. The van der Waals surface area contributed by atoms with Crippen molar-refractivity contribution in [3.05, 3.63) is 18.0 Å². The lowest BCUT2D eigenvalue weighted by atomic mass is 10.1. The van der Waals surface area contributed by atoms with Crippen molar-refractivity contribution < 1.29 is 5.11 Å². The standard InChI is InChI=1S/C9H16N4O/c1-9(2,14)6-11-8(10)7-4-12-13(3)5-7/h4-5,14H,6H2,1-3H3,(H2,10,11). The Morgan fingerprint density at radius 1 is 1.71 bits per heavy atom. The lowest BCUT2D eigenvalue weighted by molar-refractivity contribution is 0.0904. The second-order valence-electron chi connectivity index (χ2n) is 3.92. The van der Waals surface area contributed by atoms with Gasteiger partial charge in [0.15, 0.2) is 0 Å². The molecule has 0 radical (unpaired) electrons. The van der Waals surface area contributed by atoms with E-state index in [1.807, 2.05) is 7.05 Å². The van der Waals surface area contributed by atoms with E-state index in [1.54, 1.807) is 30.9 Å². The topological polar surface area (TPSA) is 76.4 Å². The third kappa shape index (κ3) is 3.18. The van der Waals surface area contributed by atoms with Crippen molar-refractivity contribution in [1.82, 2.24) is 9.78 Å². The van der Waals surface area contributed by atoms with E-state index in [4.69, 9.17) is 5.73 Å². The van der Waals surface area contributed by atoms with Gasteiger partial charge < -0.3 is 10.8 Å². The summed E-state index contributed by atoms with van der Waals surface area (Å²) in [4.78, 5) is 4.07. The van der Waals surface area contributed by atoms with Gasteiger partial charge in [0.05, 0.1) is 23.9 Å². The summed E-state index contributed by atoms with van der Waals surface area (Å²) >= 11 is 0. The number of aryl methyl sites for hydroxylation is 1. The second-order valence-corrected chi connectivity index (χ2v) is 3.92. The summed E-state index contributed by atoms with van der Waals surface area (Å²) in [5.41, 5.74) is 5.65. The molecule has 0 aliphatic carbocycles. The van der Waals surface area contributed by atoms with E-state index < -0.39 is 5.60 Å². The predicted octanol–water partition coefficient (Wildman–Crippen LogP) is -0.104. The van der Waals surface area contributed by atoms with Crippen LogP contribution in [0.3, 0.4) is 0 Å². The molecule has 0 aliphatic rings. The van der Waals surface area contributed by atoms with Crippen LogP contribution in [0.25, 0.3) is 0 Å². The summed E-state index contributed by atoms with van der Waals surface area (Å²) in [6.45, 7) is 3.66. The van der Waals surface area contributed by atoms with Crippen LogP contribution in [0.4, 0.5) is 0 Å². The van der Waals surface area contributed by atoms with E-state index in [-0.39, 0.29) is 6.54 Å². The van der Waals surface area contributed by atoms with Crippen molar-refractivity contribution >= 4 is 5.84 Å². The molecule has 0 aromatic carbocycles. The molecule has 0 amide bonds. The molecule has 1 rings (SSSR count). The number of hydrogen-bond acceptors (Lipinski definition) is 3. The number of aliphatic hydroxyl groups is 1. The zero-order chi connectivity index (χ0) is 10.8. The van der Waals surface area contributed by atoms with Gasteiger partial charge in [0, 0.05) is 13.2 Å². The first-order valence-corrected chi connectivity index (χ1v) is 4.40. The highest BCUT2D eigenvalue weighted by molar-refractivity contribution is 5.96. The Morgan fingerprint density at radius 2 is 2.36 bits per heavy atom. The van der Waals surface area contributed by atoms with Gasteiger partial charge in [-0.2, -0.15) is 5.10 Å². The van der Waals surface area contributed by atoms with Gasteiger partial charge in [0.2, 0.25) is 0 Å². The van der Waals surface area contributed by atoms with Gasteiger partial charge in [0.1, 0.15) is 5.84 Å². The van der Waals surface area contributed by atoms with Crippen LogP contribution in [-0.2, 0) is 7.05 Å². The van der Waals surface area contributed by atoms with Crippen molar-refractivity contribution in [3.8, 4) is 0 Å². The maximum Gasteiger partial charge on any atom is 0.128 e. The summed E-state index contributed by atoms with van der Waals surface area (Å²) in [6, 6.07) is 0. The summed E-state index contributed by atoms with van der Waals surface area (Å²) in [5.74, 6) is 0.403. The Morgan fingerprint density at radius 3 is 2.79 bits per heavy atom. The van der Waals surface area contributed by atoms with E-state index in [2.05, 4.69) is 10.1 Å². The van der Waals surface area contributed by atoms with E-state index in [1.165, 1.54) is 0 Å². The summed E-state index contributed by atoms with van der Waals surface area (Å²) < 4.78 is 1.65. The highest BCUT2D eigenvalue weighted by Crippen LogP contribution is 2.02. The molecule has 78 valence electrons. The molecule has 0 aliphatic heterocycles. The van der Waals surface area contributed by atoms with Crippen LogP contribution in [0.15, 0.2) is 17.4 Å². The first kappa shape index (κ1) is 10.7. The third-order valence-corrected chi connectivity index (χ3v) is 1.64. The monoisotopic (exact) mass is 196 g/mol. The summed E-state index contributed by atoms with van der Waals surface area (Å²) in [7, 11) is 1.81. The first-order valence-electron chi connectivity index (χ1n) is 4.40. The van der Waals surface area contributed by atoms with E-state index in [0.717, 1.165) is 5.56 Å². The van der Waals surface area contributed by atoms with Gasteiger partial charge in [-0.05, 0) is 13.8 Å². The fourth-order valence-corrected chi connectivity index (χ4v) is 0.923. The lowest BCUT2D eigenvalue weighted by Gasteiger charge is -2.13. The minimum absolute atomic E-state index is 0.285. The molecule has 0 saturated carbocycles. The maximum absolute atomic E-state index is 9.44. The minimum atomic E-state index is -0.827. The molecule has 3 N–H and O–H groups in total. The molecule has 0 unspecified atom stereocenters. The van der Waals surface area contributed by atoms with Crippen molar-refractivity contribution in [3.63, 3.8) is 0 Å². The van der Waals surface area contributed by atoms with Gasteiger partial charge in [-0.3, -0.25) is 9.67 Å². The first-order chi connectivity index (χ1) is 6.38. The maximum atomic E-state index is 9.44. The third-order valence-electron chi connectivity index (χ3n) is 1.64. The normalized spacial score (nSPS) is 13.3. The molecule has 0 bridgehead atoms. The number of hydrogen-bond donors (Lipinski definition) is 2. The number of nitrogens with two attached hydrogens (primary N) is 1. The fraction of sp³-hybridized carbons (Fsp3) is 0.556. The Balaban J connectivity index is 2.70. The average molecular weight is 196 g/mol. The van der Waals surface area contributed by atoms with Gasteiger partial charge in [0.25, 0.3) is 0 Å². The molecular weight excluding hydrogens is 180 g/mol. The minimum Gasteiger partial charge on any atom is -0.389 e. The largest absolute Gasteiger partial charge is 0.389 e. The highest BCUT2D eigenvalue weighted by atomic mass is 16.3. The van der Waals surface area contributed by atoms with Gasteiger partial charge in [-0.1, -0.05) is 0 Å². The zero-order valence-electron chi connectivity index (χ0n) is 8.73. The molecular formula is C9H16N4O. The molecule has 1 aromatic rings. The lowest BCUT2D eigenvalue weighted by Crippen LogP contribution is -2.25. The summed E-state index contributed by atoms with van der Waals surface area (Å²) in [5, 5.41) is 13.4. The molecule has 14 heavy (non-hydrogen) atoms. The highest BCUT2D eigenvalue weighted by Gasteiger charge is 2.11. The Labute approximate surface area is 83.3 Å². The van der Waals surface area contributed by atoms with Gasteiger partial charge >= 0.3 is 0 Å². The van der Waals surface area contributed by atoms with Crippen LogP contribution in [0.5, 0.6) is 0 Å². The second kappa shape index (κ2) is 3.79. The van der Waals surface area contributed by atoms with E-state index >= 15 is 0 Å². The van der Waals surface area contributed by atoms with Crippen molar-refractivity contribution in [2.24, 2.45) is 17.8 Å². The molecule has 0 atom stereocenters. The van der Waals surface area contributed by atoms with E-state index in [9.17, 15) is 5.11 Å². The molecule has 0 spiro atoms. The quantitative estimate of drug-likeness (QED) is 0.523. The zero-order valence-corrected chi connectivity index (χ0v) is 8.73. The SMILES string of the molecule is Cn1cc(C(N)=NCC(C)(C)O)cn1. The van der Waals surface area contributed by atoms with Crippen LogP contribution in [0.1, 0.15) is 19.4 Å². The Hall–Kier alpha value is -1.36. The summed E-state index contributed by atoms with van der Waals surface area (Å²) in [6.07, 6.45) is 3.42. The predicted molar refractivity (Wildman–Crippen MR) is 55.1 cm³/mol. The Kier molecular flexibility index (Phi) is 2.90. The van der Waals surface area contributed by atoms with Crippen molar-refractivity contribution in [2.45, 2.75) is 19.4 Å².